The summed E-state index contributed by atoms with van der Waals surface area (Å²) < 4.78 is 13.4. The first-order valence-electron chi connectivity index (χ1n) is 4.50. The molecule has 0 atom stereocenters. The minimum atomic E-state index is -0.656. The highest BCUT2D eigenvalue weighted by molar-refractivity contribution is 5.72. The van der Waals surface area contributed by atoms with Gasteiger partial charge in [-0.05, 0) is 24.3 Å². The van der Waals surface area contributed by atoms with Crippen molar-refractivity contribution in [2.24, 2.45) is 0 Å². The van der Waals surface area contributed by atoms with E-state index < -0.39 is 5.95 Å². The van der Waals surface area contributed by atoms with Gasteiger partial charge >= 0.3 is 0 Å². The summed E-state index contributed by atoms with van der Waals surface area (Å²) >= 11 is 0. The van der Waals surface area contributed by atoms with E-state index in [1.54, 1.807) is 6.07 Å². The first-order chi connectivity index (χ1) is 7.72. The van der Waals surface area contributed by atoms with Gasteiger partial charge in [-0.1, -0.05) is 0 Å². The number of halogens is 1. The van der Waals surface area contributed by atoms with Crippen molar-refractivity contribution in [3.63, 3.8) is 0 Å². The third kappa shape index (κ3) is 1.68. The van der Waals surface area contributed by atoms with Crippen LogP contribution in [-0.2, 0) is 0 Å². The first-order valence-corrected chi connectivity index (χ1v) is 4.50. The van der Waals surface area contributed by atoms with Crippen LogP contribution in [0, 0.1) is 17.3 Å². The number of nitrogen functional groups attached to an aromatic ring is 1. The lowest BCUT2D eigenvalue weighted by Gasteiger charge is -2.05. The Kier molecular flexibility index (Phi) is 2.48. The molecule has 0 aliphatic rings. The highest BCUT2D eigenvalue weighted by Crippen LogP contribution is 2.24. The highest BCUT2D eigenvalue weighted by Gasteiger charge is 2.11. The Morgan fingerprint density at radius 1 is 1.31 bits per heavy atom. The lowest BCUT2D eigenvalue weighted by molar-refractivity contribution is 0.587. The van der Waals surface area contributed by atoms with Gasteiger partial charge in [0, 0.05) is 6.20 Å². The molecule has 0 saturated carbocycles. The van der Waals surface area contributed by atoms with Crippen LogP contribution in [0.25, 0.3) is 11.3 Å². The number of pyridine rings is 2. The Bertz CT molecular complexity index is 574. The van der Waals surface area contributed by atoms with Gasteiger partial charge in [-0.25, -0.2) is 9.97 Å². The Morgan fingerprint density at radius 2 is 2.12 bits per heavy atom. The maximum atomic E-state index is 13.4. The van der Waals surface area contributed by atoms with E-state index in [0.717, 1.165) is 0 Å². The fourth-order valence-electron chi connectivity index (χ4n) is 1.31. The third-order valence-corrected chi connectivity index (χ3v) is 2.06. The van der Waals surface area contributed by atoms with Gasteiger partial charge in [0.25, 0.3) is 0 Å². The second-order valence-corrected chi connectivity index (χ2v) is 3.09. The van der Waals surface area contributed by atoms with Crippen LogP contribution in [-0.4, -0.2) is 9.97 Å². The average molecular weight is 214 g/mol. The topological polar surface area (TPSA) is 75.6 Å². The summed E-state index contributed by atoms with van der Waals surface area (Å²) in [6.07, 6.45) is 1.34. The number of nitrogens with two attached hydrogens (primary N) is 1. The first kappa shape index (κ1) is 10.1. The molecule has 2 N–H and O–H groups in total. The standard InChI is InChI=1S/C11H7FN4/c12-11-8(2-1-5-15-11)10-9(14)4-3-7(6-13)16-10/h1-5H,14H2. The molecule has 5 heteroatoms. The number of anilines is 1. The van der Waals surface area contributed by atoms with Crippen molar-refractivity contribution in [2.45, 2.75) is 0 Å². The van der Waals surface area contributed by atoms with E-state index in [1.807, 2.05) is 6.07 Å². The van der Waals surface area contributed by atoms with Gasteiger partial charge in [0.15, 0.2) is 0 Å². The van der Waals surface area contributed by atoms with Gasteiger partial charge in [-0.3, -0.25) is 0 Å². The van der Waals surface area contributed by atoms with Crippen LogP contribution in [0.5, 0.6) is 0 Å². The van der Waals surface area contributed by atoms with Crippen molar-refractivity contribution in [1.82, 2.24) is 9.97 Å². The number of aromatic nitrogens is 2. The van der Waals surface area contributed by atoms with Crippen LogP contribution in [0.1, 0.15) is 5.69 Å². The molecule has 16 heavy (non-hydrogen) atoms. The highest BCUT2D eigenvalue weighted by atomic mass is 19.1. The van der Waals surface area contributed by atoms with Crippen LogP contribution in [0.15, 0.2) is 30.5 Å². The van der Waals surface area contributed by atoms with Crippen molar-refractivity contribution >= 4 is 5.69 Å². The Morgan fingerprint density at radius 3 is 2.81 bits per heavy atom. The third-order valence-electron chi connectivity index (χ3n) is 2.06. The van der Waals surface area contributed by atoms with E-state index in [4.69, 9.17) is 11.0 Å². The van der Waals surface area contributed by atoms with Crippen LogP contribution >= 0.6 is 0 Å². The second-order valence-electron chi connectivity index (χ2n) is 3.09. The van der Waals surface area contributed by atoms with E-state index in [9.17, 15) is 4.39 Å². The Labute approximate surface area is 91.2 Å². The van der Waals surface area contributed by atoms with Gasteiger partial charge in [0.05, 0.1) is 16.9 Å². The predicted octanol–water partition coefficient (Wildman–Crippen LogP) is 1.74. The molecular formula is C11H7FN4. The Balaban J connectivity index is 2.65. The van der Waals surface area contributed by atoms with Crippen molar-refractivity contribution in [3.05, 3.63) is 42.1 Å². The zero-order valence-electron chi connectivity index (χ0n) is 8.18. The molecule has 0 saturated heterocycles. The fraction of sp³-hybridized carbons (Fsp3) is 0. The summed E-state index contributed by atoms with van der Waals surface area (Å²) in [5, 5.41) is 8.71. The smallest absolute Gasteiger partial charge is 0.222 e. The van der Waals surface area contributed by atoms with Gasteiger partial charge < -0.3 is 5.73 Å². The number of nitrogens with zero attached hydrogens (tertiary/aromatic N) is 3. The summed E-state index contributed by atoms with van der Waals surface area (Å²) in [7, 11) is 0. The zero-order chi connectivity index (χ0) is 11.5. The molecule has 0 aromatic carbocycles. The number of hydrogen-bond acceptors (Lipinski definition) is 4. The molecule has 0 radical (unpaired) electrons. The molecule has 0 spiro atoms. The quantitative estimate of drug-likeness (QED) is 0.733. The van der Waals surface area contributed by atoms with Crippen LogP contribution in [0.2, 0.25) is 0 Å². The molecule has 2 aromatic rings. The van der Waals surface area contributed by atoms with E-state index in [-0.39, 0.29) is 17.0 Å². The largest absolute Gasteiger partial charge is 0.397 e. The lowest BCUT2D eigenvalue weighted by Crippen LogP contribution is -1.98. The van der Waals surface area contributed by atoms with Crippen molar-refractivity contribution in [3.8, 4) is 17.3 Å². The molecule has 78 valence electrons. The maximum Gasteiger partial charge on any atom is 0.222 e. The predicted molar refractivity (Wildman–Crippen MR) is 56.6 cm³/mol. The zero-order valence-corrected chi connectivity index (χ0v) is 8.18. The Hall–Kier alpha value is -2.48. The van der Waals surface area contributed by atoms with E-state index >= 15 is 0 Å². The van der Waals surface area contributed by atoms with E-state index in [1.165, 1.54) is 24.4 Å². The van der Waals surface area contributed by atoms with Crippen molar-refractivity contribution < 1.29 is 4.39 Å². The minimum absolute atomic E-state index is 0.187. The normalized spacial score (nSPS) is 9.75. The summed E-state index contributed by atoms with van der Waals surface area (Å²) in [6.45, 7) is 0. The monoisotopic (exact) mass is 214 g/mol. The molecule has 0 amide bonds. The SMILES string of the molecule is N#Cc1ccc(N)c(-c2cccnc2F)n1. The van der Waals surface area contributed by atoms with E-state index in [0.29, 0.717) is 5.69 Å². The summed E-state index contributed by atoms with van der Waals surface area (Å²) in [4.78, 5) is 7.46. The fourth-order valence-corrected chi connectivity index (χ4v) is 1.31. The molecule has 4 nitrogen and oxygen atoms in total. The molecule has 0 aliphatic heterocycles. The minimum Gasteiger partial charge on any atom is -0.397 e. The summed E-state index contributed by atoms with van der Waals surface area (Å²) in [6, 6.07) is 7.97. The summed E-state index contributed by atoms with van der Waals surface area (Å²) in [5.41, 5.74) is 6.61. The summed E-state index contributed by atoms with van der Waals surface area (Å²) in [5.74, 6) is -0.656. The second kappa shape index (κ2) is 3.95. The lowest BCUT2D eigenvalue weighted by atomic mass is 10.1. The molecule has 0 fully saturated rings. The van der Waals surface area contributed by atoms with Crippen LogP contribution in [0.3, 0.4) is 0 Å². The molecule has 0 unspecified atom stereocenters. The molecular weight excluding hydrogens is 207 g/mol. The van der Waals surface area contributed by atoms with Gasteiger partial charge in [-0.2, -0.15) is 9.65 Å². The molecule has 0 aliphatic carbocycles. The van der Waals surface area contributed by atoms with Crippen LogP contribution < -0.4 is 5.73 Å². The number of nitriles is 1. The number of rotatable bonds is 1. The molecule has 0 bridgehead atoms. The average Bonchev–Trinajstić information content (AvgIpc) is 2.31. The van der Waals surface area contributed by atoms with Gasteiger partial charge in [-0.15, -0.1) is 0 Å². The van der Waals surface area contributed by atoms with Gasteiger partial charge in [0.1, 0.15) is 11.8 Å². The van der Waals surface area contributed by atoms with Crippen LogP contribution in [0.4, 0.5) is 10.1 Å². The molecule has 2 aromatic heterocycles. The van der Waals surface area contributed by atoms with Gasteiger partial charge in [0.2, 0.25) is 5.95 Å². The molecule has 2 heterocycles. The molecule has 2 rings (SSSR count). The maximum absolute atomic E-state index is 13.4. The van der Waals surface area contributed by atoms with Crippen molar-refractivity contribution in [2.75, 3.05) is 5.73 Å². The number of hydrogen-bond donors (Lipinski definition) is 1. The van der Waals surface area contributed by atoms with E-state index in [2.05, 4.69) is 9.97 Å². The van der Waals surface area contributed by atoms with Crippen molar-refractivity contribution in [1.29, 1.82) is 5.26 Å².